The molecule has 18 heteroatoms. The summed E-state index contributed by atoms with van der Waals surface area (Å²) in [5.74, 6) is -7.28. The summed E-state index contributed by atoms with van der Waals surface area (Å²) in [5.41, 5.74) is 0.0210. The number of benzene rings is 3. The molecular formula is C35H32ClF6N7O4. The van der Waals surface area contributed by atoms with E-state index in [1.165, 1.54) is 24.3 Å². The zero-order valence-electron chi connectivity index (χ0n) is 28.1. The van der Waals surface area contributed by atoms with Crippen molar-refractivity contribution < 1.29 is 45.5 Å². The summed E-state index contributed by atoms with van der Waals surface area (Å²) in [6.45, 7) is 1.81. The first-order valence-electron chi connectivity index (χ1n) is 16.0. The molecule has 0 saturated heterocycles. The number of rotatable bonds is 15. The Kier molecular flexibility index (Phi) is 11.5. The van der Waals surface area contributed by atoms with Crippen LogP contribution in [-0.4, -0.2) is 58.4 Å². The minimum Gasteiger partial charge on any atom is -0.454 e. The molecule has 0 atom stereocenters. The van der Waals surface area contributed by atoms with Gasteiger partial charge in [-0.1, -0.05) is 37.6 Å². The highest BCUT2D eigenvalue weighted by Crippen LogP contribution is 2.48. The highest BCUT2D eigenvalue weighted by molar-refractivity contribution is 6.36. The number of halogens is 7. The quantitative estimate of drug-likeness (QED) is 0.0613. The van der Waals surface area contributed by atoms with Gasteiger partial charge < -0.3 is 26.0 Å². The Morgan fingerprint density at radius 2 is 1.45 bits per heavy atom. The average Bonchev–Trinajstić information content (AvgIpc) is 3.88. The van der Waals surface area contributed by atoms with E-state index < -0.39 is 71.2 Å². The van der Waals surface area contributed by atoms with E-state index in [0.29, 0.717) is 35.7 Å². The van der Waals surface area contributed by atoms with Crippen molar-refractivity contribution in [3.05, 3.63) is 99.8 Å². The number of hydrogen-bond donors (Lipinski definition) is 4. The second-order valence-corrected chi connectivity index (χ2v) is 13.5. The van der Waals surface area contributed by atoms with Crippen molar-refractivity contribution in [2.45, 2.75) is 44.8 Å². The summed E-state index contributed by atoms with van der Waals surface area (Å²) in [4.78, 5) is 49.8. The van der Waals surface area contributed by atoms with Crippen LogP contribution in [0.15, 0.2) is 60.7 Å². The summed E-state index contributed by atoms with van der Waals surface area (Å²) in [5, 5.41) is 11.8. The smallest absolute Gasteiger partial charge is 0.422 e. The lowest BCUT2D eigenvalue weighted by Gasteiger charge is -2.25. The summed E-state index contributed by atoms with van der Waals surface area (Å²) in [6, 6.07) is 13.8. The maximum atomic E-state index is 13.4. The van der Waals surface area contributed by atoms with E-state index >= 15 is 0 Å². The van der Waals surface area contributed by atoms with Gasteiger partial charge >= 0.3 is 12.2 Å². The first-order chi connectivity index (χ1) is 24.9. The van der Waals surface area contributed by atoms with Gasteiger partial charge in [0.15, 0.2) is 24.1 Å². The molecule has 1 saturated carbocycles. The van der Waals surface area contributed by atoms with Gasteiger partial charge in [0, 0.05) is 35.8 Å². The number of carbonyl (C=O) groups excluding carboxylic acids is 3. The third-order valence-corrected chi connectivity index (χ3v) is 8.25. The largest absolute Gasteiger partial charge is 0.454 e. The predicted molar refractivity (Wildman–Crippen MR) is 181 cm³/mol. The number of carbonyl (C=O) groups is 3. The predicted octanol–water partition coefficient (Wildman–Crippen LogP) is 6.41. The average molecular weight is 764 g/mol. The number of Topliss-reactive ketones (excluding diaryl/α,β-unsaturated/α-hetero) is 1. The van der Waals surface area contributed by atoms with E-state index in [2.05, 4.69) is 36.2 Å². The molecule has 0 radical (unpaired) electrons. The van der Waals surface area contributed by atoms with E-state index in [4.69, 9.17) is 16.3 Å². The Hall–Kier alpha value is -5.45. The van der Waals surface area contributed by atoms with Gasteiger partial charge in [0.25, 0.3) is 11.8 Å². The molecule has 3 aromatic carbocycles. The number of nitrogens with zero attached hydrogens (tertiary/aromatic N) is 3. The van der Waals surface area contributed by atoms with Gasteiger partial charge in [-0.2, -0.15) is 28.1 Å². The van der Waals surface area contributed by atoms with Crippen molar-refractivity contribution in [3.8, 4) is 6.01 Å². The highest BCUT2D eigenvalue weighted by Gasteiger charge is 2.45. The fraction of sp³-hybridized carbons (Fsp3) is 0.314. The Bertz CT molecular complexity index is 1970. The number of hydrogen-bond acceptors (Lipinski definition) is 9. The molecule has 2 amide bonds. The van der Waals surface area contributed by atoms with Gasteiger partial charge in [-0.25, -0.2) is 13.2 Å². The fourth-order valence-corrected chi connectivity index (χ4v) is 5.11. The van der Waals surface area contributed by atoms with Crippen LogP contribution in [0.25, 0.3) is 0 Å². The summed E-state index contributed by atoms with van der Waals surface area (Å²) in [6.07, 6.45) is -3.86. The third kappa shape index (κ3) is 10.8. The lowest BCUT2D eigenvalue weighted by atomic mass is 9.93. The molecule has 0 aliphatic heterocycles. The Morgan fingerprint density at radius 1 is 0.849 bits per heavy atom. The van der Waals surface area contributed by atoms with Gasteiger partial charge in [-0.3, -0.25) is 14.4 Å². The minimum absolute atomic E-state index is 0.0232. The van der Waals surface area contributed by atoms with E-state index in [-0.39, 0.29) is 36.1 Å². The lowest BCUT2D eigenvalue weighted by molar-refractivity contribution is -0.154. The molecular weight excluding hydrogens is 732 g/mol. The van der Waals surface area contributed by atoms with Crippen LogP contribution in [0.1, 0.15) is 48.2 Å². The molecule has 11 nitrogen and oxygen atoms in total. The highest BCUT2D eigenvalue weighted by atomic mass is 35.5. The standard InChI is InChI=1S/C35H32ClF6N7O4/c1-33(2,17-44-29(52)26(50)15-19-13-24(37)27(39)25(38)14-19)16-43-28(51)20-3-9-23(10-4-20)45-30-46-31(48-32(47-30)53-18-35(40,41)42)49-34(11-12-34)21-5-7-22(36)8-6-21/h3-10,13-14H,11-12,15-18H2,1-2H3,(H,43,51)(H,44,52)(H2,45,46,47,48,49). The summed E-state index contributed by atoms with van der Waals surface area (Å²) < 4.78 is 83.6. The first kappa shape index (κ1) is 38.8. The van der Waals surface area contributed by atoms with E-state index in [1.54, 1.807) is 26.0 Å². The summed E-state index contributed by atoms with van der Waals surface area (Å²) in [7, 11) is 0. The molecule has 1 aliphatic carbocycles. The molecule has 1 aliphatic rings. The van der Waals surface area contributed by atoms with E-state index in [9.17, 15) is 40.7 Å². The van der Waals surface area contributed by atoms with Crippen molar-refractivity contribution in [2.24, 2.45) is 5.41 Å². The second-order valence-electron chi connectivity index (χ2n) is 13.1. The van der Waals surface area contributed by atoms with Crippen molar-refractivity contribution in [1.29, 1.82) is 0 Å². The van der Waals surface area contributed by atoms with Crippen LogP contribution in [0.5, 0.6) is 6.01 Å². The topological polar surface area (TPSA) is 147 Å². The third-order valence-electron chi connectivity index (χ3n) is 8.00. The molecule has 1 fully saturated rings. The number of amides is 2. The van der Waals surface area contributed by atoms with E-state index in [1.807, 2.05) is 12.1 Å². The van der Waals surface area contributed by atoms with Crippen LogP contribution < -0.4 is 26.0 Å². The zero-order valence-corrected chi connectivity index (χ0v) is 28.9. The van der Waals surface area contributed by atoms with Crippen LogP contribution in [0.4, 0.5) is 43.9 Å². The zero-order chi connectivity index (χ0) is 38.6. The number of alkyl halides is 3. The van der Waals surface area contributed by atoms with Gasteiger partial charge in [0.05, 0.1) is 5.54 Å². The van der Waals surface area contributed by atoms with Crippen molar-refractivity contribution in [3.63, 3.8) is 0 Å². The van der Waals surface area contributed by atoms with E-state index in [0.717, 1.165) is 5.56 Å². The maximum absolute atomic E-state index is 13.4. The number of anilines is 3. The molecule has 4 N–H and O–H groups in total. The van der Waals surface area contributed by atoms with Crippen LogP contribution in [-0.2, 0) is 21.5 Å². The van der Waals surface area contributed by atoms with Crippen LogP contribution in [0, 0.1) is 22.9 Å². The monoisotopic (exact) mass is 763 g/mol. The van der Waals surface area contributed by atoms with Gasteiger partial charge in [0.2, 0.25) is 17.7 Å². The molecule has 5 rings (SSSR count). The number of nitrogens with one attached hydrogen (secondary N) is 4. The van der Waals surface area contributed by atoms with Gasteiger partial charge in [0.1, 0.15) is 0 Å². The molecule has 1 heterocycles. The van der Waals surface area contributed by atoms with Crippen LogP contribution >= 0.6 is 11.6 Å². The first-order valence-corrected chi connectivity index (χ1v) is 16.4. The fourth-order valence-electron chi connectivity index (χ4n) is 4.99. The SMILES string of the molecule is CC(C)(CNC(=O)C(=O)Cc1cc(F)c(F)c(F)c1)CNC(=O)c1ccc(Nc2nc(NC3(c4ccc(Cl)cc4)CC3)nc(OCC(F)(F)F)n2)cc1. The Morgan fingerprint density at radius 3 is 2.06 bits per heavy atom. The minimum atomic E-state index is -4.63. The normalized spacial score (nSPS) is 13.5. The summed E-state index contributed by atoms with van der Waals surface area (Å²) >= 11 is 6.01. The van der Waals surface area contributed by atoms with Gasteiger partial charge in [-0.05, 0) is 77.9 Å². The van der Waals surface area contributed by atoms with Crippen molar-refractivity contribution in [1.82, 2.24) is 25.6 Å². The van der Waals surface area contributed by atoms with Crippen LogP contribution in [0.3, 0.4) is 0 Å². The number of ketones is 1. The molecule has 0 unspecified atom stereocenters. The molecule has 4 aromatic rings. The molecule has 280 valence electrons. The molecule has 0 bridgehead atoms. The molecule has 53 heavy (non-hydrogen) atoms. The van der Waals surface area contributed by atoms with Crippen LogP contribution in [0.2, 0.25) is 5.02 Å². The Balaban J connectivity index is 1.17. The van der Waals surface area contributed by atoms with Gasteiger partial charge in [-0.15, -0.1) is 0 Å². The lowest BCUT2D eigenvalue weighted by Crippen LogP contribution is -2.44. The number of aromatic nitrogens is 3. The molecule has 0 spiro atoms. The number of ether oxygens (including phenoxy) is 1. The van der Waals surface area contributed by atoms with Crippen molar-refractivity contribution >= 4 is 46.8 Å². The molecule has 1 aromatic heterocycles. The Labute approximate surface area is 303 Å². The van der Waals surface area contributed by atoms with Crippen molar-refractivity contribution in [2.75, 3.05) is 30.3 Å². The maximum Gasteiger partial charge on any atom is 0.422 e. The second kappa shape index (κ2) is 15.7.